The highest BCUT2D eigenvalue weighted by Gasteiger charge is 2.28. The average molecular weight is 358 g/mol. The van der Waals surface area contributed by atoms with Crippen LogP contribution in [0, 0.1) is 9.62 Å². The van der Waals surface area contributed by atoms with Crippen LogP contribution in [0.15, 0.2) is 18.3 Å². The number of rotatable bonds is 2. The fourth-order valence-electron chi connectivity index (χ4n) is 2.17. The number of hydrogen-bond acceptors (Lipinski definition) is 4. The van der Waals surface area contributed by atoms with Crippen LogP contribution in [0.3, 0.4) is 0 Å². The lowest BCUT2D eigenvalue weighted by atomic mass is 10.1. The van der Waals surface area contributed by atoms with Gasteiger partial charge in [-0.2, -0.15) is 0 Å². The smallest absolute Gasteiger partial charge is 0.308 e. The molecule has 0 bridgehead atoms. The van der Waals surface area contributed by atoms with Gasteiger partial charge >= 0.3 is 5.97 Å². The van der Waals surface area contributed by atoms with Gasteiger partial charge in [-0.05, 0) is 41.1 Å². The minimum absolute atomic E-state index is 0.288. The number of aliphatic carboxylic acids is 1. The molecule has 0 aliphatic carbocycles. The van der Waals surface area contributed by atoms with Crippen LogP contribution in [0.25, 0.3) is 5.65 Å². The average Bonchev–Trinajstić information content (AvgIpc) is 2.96. The molecule has 3 rings (SSSR count). The molecular formula is C11H11IN4O2. The molecule has 18 heavy (non-hydrogen) atoms. The van der Waals surface area contributed by atoms with Crippen molar-refractivity contribution in [1.82, 2.24) is 14.6 Å². The fraction of sp³-hybridized carbons (Fsp3) is 0.364. The summed E-state index contributed by atoms with van der Waals surface area (Å²) in [6.45, 7) is 1.26. The molecule has 1 N–H and O–H groups in total. The van der Waals surface area contributed by atoms with Crippen LogP contribution >= 0.6 is 22.6 Å². The number of nitrogens with zero attached hydrogens (tertiary/aromatic N) is 4. The number of halogens is 1. The first-order valence-corrected chi connectivity index (χ1v) is 6.71. The van der Waals surface area contributed by atoms with Gasteiger partial charge in [0.15, 0.2) is 5.65 Å². The first-order chi connectivity index (χ1) is 8.65. The molecule has 3 heterocycles. The predicted octanol–water partition coefficient (Wildman–Crippen LogP) is 1.24. The molecular weight excluding hydrogens is 347 g/mol. The van der Waals surface area contributed by atoms with Crippen molar-refractivity contribution in [1.29, 1.82) is 0 Å². The van der Waals surface area contributed by atoms with E-state index in [1.165, 1.54) is 0 Å². The molecule has 0 unspecified atom stereocenters. The summed E-state index contributed by atoms with van der Waals surface area (Å²) in [5.74, 6) is -0.206. The number of carboxylic acid groups (broad SMARTS) is 1. The molecule has 1 fully saturated rings. The fourth-order valence-corrected chi connectivity index (χ4v) is 2.67. The van der Waals surface area contributed by atoms with Crippen LogP contribution in [0.2, 0.25) is 0 Å². The zero-order valence-corrected chi connectivity index (χ0v) is 11.6. The Morgan fingerprint density at radius 1 is 1.50 bits per heavy atom. The van der Waals surface area contributed by atoms with E-state index in [0.29, 0.717) is 13.0 Å². The van der Waals surface area contributed by atoms with Gasteiger partial charge in [-0.15, -0.1) is 5.10 Å². The third-order valence-electron chi connectivity index (χ3n) is 3.17. The Bertz CT molecular complexity index is 612. The largest absolute Gasteiger partial charge is 0.481 e. The molecule has 0 spiro atoms. The maximum absolute atomic E-state index is 10.9. The van der Waals surface area contributed by atoms with Crippen LogP contribution in [0.4, 0.5) is 5.82 Å². The van der Waals surface area contributed by atoms with Gasteiger partial charge in [0.2, 0.25) is 0 Å². The van der Waals surface area contributed by atoms with Crippen molar-refractivity contribution in [3.63, 3.8) is 0 Å². The lowest BCUT2D eigenvalue weighted by Gasteiger charge is -2.16. The van der Waals surface area contributed by atoms with Gasteiger partial charge in [0.25, 0.3) is 0 Å². The minimum Gasteiger partial charge on any atom is -0.481 e. The van der Waals surface area contributed by atoms with E-state index in [1.807, 2.05) is 17.0 Å². The van der Waals surface area contributed by atoms with Gasteiger partial charge in [0.05, 0.1) is 12.1 Å². The van der Waals surface area contributed by atoms with E-state index in [4.69, 9.17) is 5.11 Å². The number of aromatic nitrogens is 3. The van der Waals surface area contributed by atoms with E-state index >= 15 is 0 Å². The molecule has 1 atom stereocenters. The molecule has 94 valence electrons. The summed E-state index contributed by atoms with van der Waals surface area (Å²) in [7, 11) is 0. The van der Waals surface area contributed by atoms with E-state index in [1.54, 1.807) is 10.7 Å². The maximum Gasteiger partial charge on any atom is 0.308 e. The van der Waals surface area contributed by atoms with Crippen LogP contribution in [-0.4, -0.2) is 38.8 Å². The molecule has 2 aromatic rings. The van der Waals surface area contributed by atoms with Crippen LogP contribution in [0.5, 0.6) is 0 Å². The summed E-state index contributed by atoms with van der Waals surface area (Å²) < 4.78 is 2.71. The highest BCUT2D eigenvalue weighted by molar-refractivity contribution is 14.1. The number of carbonyl (C=O) groups is 1. The molecule has 0 amide bonds. The maximum atomic E-state index is 10.9. The molecule has 1 aliphatic heterocycles. The highest BCUT2D eigenvalue weighted by atomic mass is 127. The van der Waals surface area contributed by atoms with Gasteiger partial charge in [-0.25, -0.2) is 9.50 Å². The first kappa shape index (κ1) is 11.7. The van der Waals surface area contributed by atoms with E-state index in [9.17, 15) is 4.79 Å². The Labute approximate surface area is 117 Å². The Balaban J connectivity index is 1.91. The summed E-state index contributed by atoms with van der Waals surface area (Å²) in [4.78, 5) is 17.2. The molecule has 7 heteroatoms. The van der Waals surface area contributed by atoms with Crippen molar-refractivity contribution in [3.05, 3.63) is 22.0 Å². The van der Waals surface area contributed by atoms with E-state index in [0.717, 1.165) is 21.7 Å². The quantitative estimate of drug-likeness (QED) is 0.819. The standard InChI is InChI=1S/C11H11IN4O2/c12-8-5-13-9-1-2-10(14-16(8)9)15-4-3-7(6-15)11(17)18/h1-2,5,7H,3-4,6H2,(H,17,18)/t7-/m0/s1. The monoisotopic (exact) mass is 358 g/mol. The second kappa shape index (κ2) is 4.38. The number of fused-ring (bicyclic) bond motifs is 1. The second-order valence-electron chi connectivity index (χ2n) is 4.31. The lowest BCUT2D eigenvalue weighted by Crippen LogP contribution is -2.24. The lowest BCUT2D eigenvalue weighted by molar-refractivity contribution is -0.140. The molecule has 2 aromatic heterocycles. The molecule has 6 nitrogen and oxygen atoms in total. The first-order valence-electron chi connectivity index (χ1n) is 5.63. The van der Waals surface area contributed by atoms with Crippen molar-refractivity contribution < 1.29 is 9.90 Å². The second-order valence-corrected chi connectivity index (χ2v) is 5.42. The molecule has 1 saturated heterocycles. The molecule has 0 aromatic carbocycles. The Morgan fingerprint density at radius 2 is 2.33 bits per heavy atom. The van der Waals surface area contributed by atoms with Gasteiger partial charge in [0.1, 0.15) is 9.52 Å². The molecule has 0 saturated carbocycles. The summed E-state index contributed by atoms with van der Waals surface area (Å²) >= 11 is 2.17. The number of anilines is 1. The SMILES string of the molecule is O=C(O)[C@H]1CCN(c2ccc3ncc(I)n3n2)C1. The van der Waals surface area contributed by atoms with Gasteiger partial charge in [0, 0.05) is 13.1 Å². The minimum atomic E-state index is -0.726. The Kier molecular flexibility index (Phi) is 2.84. The van der Waals surface area contributed by atoms with E-state index < -0.39 is 5.97 Å². The third-order valence-corrected chi connectivity index (χ3v) is 3.90. The van der Waals surface area contributed by atoms with Gasteiger partial charge in [-0.3, -0.25) is 4.79 Å². The number of hydrogen-bond donors (Lipinski definition) is 1. The predicted molar refractivity (Wildman–Crippen MR) is 73.7 cm³/mol. The zero-order valence-electron chi connectivity index (χ0n) is 9.45. The van der Waals surface area contributed by atoms with Gasteiger partial charge < -0.3 is 10.0 Å². The Hall–Kier alpha value is -1.38. The number of imidazole rings is 1. The molecule has 1 aliphatic rings. The third kappa shape index (κ3) is 1.92. The molecule has 0 radical (unpaired) electrons. The van der Waals surface area contributed by atoms with Crippen molar-refractivity contribution >= 4 is 40.0 Å². The zero-order chi connectivity index (χ0) is 12.7. The van der Waals surface area contributed by atoms with Crippen LogP contribution in [0.1, 0.15) is 6.42 Å². The van der Waals surface area contributed by atoms with Crippen molar-refractivity contribution in [2.24, 2.45) is 5.92 Å². The summed E-state index contributed by atoms with van der Waals surface area (Å²) in [5.41, 5.74) is 0.803. The van der Waals surface area contributed by atoms with Crippen LogP contribution < -0.4 is 4.90 Å². The topological polar surface area (TPSA) is 70.7 Å². The summed E-state index contributed by atoms with van der Waals surface area (Å²) in [6, 6.07) is 3.79. The number of carboxylic acids is 1. The van der Waals surface area contributed by atoms with Crippen molar-refractivity contribution in [2.45, 2.75) is 6.42 Å². The van der Waals surface area contributed by atoms with Gasteiger partial charge in [-0.1, -0.05) is 0 Å². The summed E-state index contributed by atoms with van der Waals surface area (Å²) in [5, 5.41) is 13.5. The summed E-state index contributed by atoms with van der Waals surface area (Å²) in [6.07, 6.45) is 2.44. The van der Waals surface area contributed by atoms with Crippen molar-refractivity contribution in [2.75, 3.05) is 18.0 Å². The van der Waals surface area contributed by atoms with Crippen LogP contribution in [-0.2, 0) is 4.79 Å². The highest BCUT2D eigenvalue weighted by Crippen LogP contribution is 2.22. The van der Waals surface area contributed by atoms with Crippen molar-refractivity contribution in [3.8, 4) is 0 Å². The van der Waals surface area contributed by atoms with E-state index in [2.05, 4.69) is 32.7 Å². The Morgan fingerprint density at radius 3 is 3.06 bits per heavy atom. The normalized spacial score (nSPS) is 19.6. The van der Waals surface area contributed by atoms with E-state index in [-0.39, 0.29) is 5.92 Å².